The standard InChI is InChI=1S/C15H15NO6S2/c1-9(14(17)10-3-5-12(21-2)6-4-10)22-15(18)11-7-13(23-8-11)24(16,19)20/h3-9H,1-2H3,(H2,16,19,20). The van der Waals surface area contributed by atoms with Crippen LogP contribution in [-0.2, 0) is 14.8 Å². The number of carbonyl (C=O) groups is 2. The maximum absolute atomic E-state index is 12.2. The number of primary sulfonamides is 1. The molecule has 1 atom stereocenters. The molecule has 1 aromatic carbocycles. The second-order valence-corrected chi connectivity index (χ2v) is 7.54. The number of benzene rings is 1. The normalized spacial score (nSPS) is 12.5. The number of methoxy groups -OCH3 is 1. The Morgan fingerprint density at radius 1 is 1.17 bits per heavy atom. The van der Waals surface area contributed by atoms with Gasteiger partial charge in [0.15, 0.2) is 6.10 Å². The van der Waals surface area contributed by atoms with E-state index in [-0.39, 0.29) is 15.6 Å². The Kier molecular flexibility index (Phi) is 5.37. The first-order valence-corrected chi connectivity index (χ1v) is 9.15. The number of ketones is 1. The van der Waals surface area contributed by atoms with Crippen molar-refractivity contribution in [1.29, 1.82) is 0 Å². The van der Waals surface area contributed by atoms with Gasteiger partial charge in [-0.05, 0) is 37.3 Å². The number of ether oxygens (including phenoxy) is 2. The van der Waals surface area contributed by atoms with E-state index in [0.29, 0.717) is 11.3 Å². The van der Waals surface area contributed by atoms with Crippen LogP contribution in [0.25, 0.3) is 0 Å². The van der Waals surface area contributed by atoms with Crippen molar-refractivity contribution in [1.82, 2.24) is 0 Å². The predicted octanol–water partition coefficient (Wildman–Crippen LogP) is 1.83. The van der Waals surface area contributed by atoms with Crippen LogP contribution in [0.4, 0.5) is 0 Å². The van der Waals surface area contributed by atoms with Crippen LogP contribution in [0.2, 0.25) is 0 Å². The van der Waals surface area contributed by atoms with Crippen LogP contribution in [0.3, 0.4) is 0 Å². The summed E-state index contributed by atoms with van der Waals surface area (Å²) in [7, 11) is -2.37. The number of rotatable bonds is 6. The number of hydrogen-bond acceptors (Lipinski definition) is 7. The van der Waals surface area contributed by atoms with Crippen LogP contribution in [-0.4, -0.2) is 33.4 Å². The van der Waals surface area contributed by atoms with E-state index in [0.717, 1.165) is 17.4 Å². The second-order valence-electron chi connectivity index (χ2n) is 4.84. The molecule has 1 aromatic heterocycles. The van der Waals surface area contributed by atoms with Crippen LogP contribution >= 0.6 is 11.3 Å². The fourth-order valence-corrected chi connectivity index (χ4v) is 3.42. The molecule has 0 spiro atoms. The number of carbonyl (C=O) groups excluding carboxylic acids is 2. The third-order valence-electron chi connectivity index (χ3n) is 3.12. The smallest absolute Gasteiger partial charge is 0.339 e. The zero-order chi connectivity index (χ0) is 17.9. The van der Waals surface area contributed by atoms with Crippen molar-refractivity contribution in [2.75, 3.05) is 7.11 Å². The van der Waals surface area contributed by atoms with Crippen molar-refractivity contribution < 1.29 is 27.5 Å². The van der Waals surface area contributed by atoms with E-state index in [1.807, 2.05) is 0 Å². The predicted molar refractivity (Wildman–Crippen MR) is 87.9 cm³/mol. The van der Waals surface area contributed by atoms with Crippen LogP contribution < -0.4 is 9.88 Å². The molecule has 0 fully saturated rings. The Hall–Kier alpha value is -2.23. The van der Waals surface area contributed by atoms with Crippen molar-refractivity contribution in [3.05, 3.63) is 46.8 Å². The molecule has 0 aliphatic rings. The lowest BCUT2D eigenvalue weighted by Gasteiger charge is -2.12. The molecule has 2 N–H and O–H groups in total. The highest BCUT2D eigenvalue weighted by Gasteiger charge is 2.22. The van der Waals surface area contributed by atoms with Gasteiger partial charge in [0.1, 0.15) is 9.96 Å². The van der Waals surface area contributed by atoms with E-state index in [9.17, 15) is 18.0 Å². The number of sulfonamides is 1. The SMILES string of the molecule is COc1ccc(C(=O)C(C)OC(=O)c2csc(S(N)(=O)=O)c2)cc1. The van der Waals surface area contributed by atoms with Gasteiger partial charge in [0.05, 0.1) is 12.7 Å². The number of hydrogen-bond donors (Lipinski definition) is 1. The Balaban J connectivity index is 2.07. The van der Waals surface area contributed by atoms with Gasteiger partial charge in [-0.1, -0.05) is 0 Å². The Labute approximate surface area is 143 Å². The van der Waals surface area contributed by atoms with Gasteiger partial charge in [-0.2, -0.15) is 0 Å². The molecule has 2 aromatic rings. The zero-order valence-electron chi connectivity index (χ0n) is 12.9. The molecule has 2 rings (SSSR count). The van der Waals surface area contributed by atoms with Crippen molar-refractivity contribution >= 4 is 33.1 Å². The Morgan fingerprint density at radius 2 is 1.79 bits per heavy atom. The molecule has 0 amide bonds. The lowest BCUT2D eigenvalue weighted by Crippen LogP contribution is -2.24. The molecule has 0 saturated carbocycles. The lowest BCUT2D eigenvalue weighted by atomic mass is 10.1. The summed E-state index contributed by atoms with van der Waals surface area (Å²) in [5.41, 5.74) is 0.394. The quantitative estimate of drug-likeness (QED) is 0.614. The zero-order valence-corrected chi connectivity index (χ0v) is 14.5. The minimum absolute atomic E-state index is 0.0263. The molecule has 0 bridgehead atoms. The molecule has 1 unspecified atom stereocenters. The molecule has 128 valence electrons. The average Bonchev–Trinajstić information content (AvgIpc) is 3.04. The van der Waals surface area contributed by atoms with Crippen LogP contribution in [0.15, 0.2) is 39.9 Å². The monoisotopic (exact) mass is 369 g/mol. The summed E-state index contributed by atoms with van der Waals surface area (Å²) in [5.74, 6) is -0.576. The van der Waals surface area contributed by atoms with Gasteiger partial charge in [0.2, 0.25) is 15.8 Å². The summed E-state index contributed by atoms with van der Waals surface area (Å²) in [4.78, 5) is 24.3. The fourth-order valence-electron chi connectivity index (χ4n) is 1.84. The van der Waals surface area contributed by atoms with E-state index in [1.165, 1.54) is 19.4 Å². The van der Waals surface area contributed by atoms with E-state index in [4.69, 9.17) is 14.6 Å². The lowest BCUT2D eigenvalue weighted by molar-refractivity contribution is 0.0319. The van der Waals surface area contributed by atoms with E-state index < -0.39 is 22.1 Å². The molecular weight excluding hydrogens is 354 g/mol. The molecule has 0 aliphatic carbocycles. The number of nitrogens with two attached hydrogens (primary N) is 1. The summed E-state index contributed by atoms with van der Waals surface area (Å²) >= 11 is 0.808. The van der Waals surface area contributed by atoms with E-state index in [2.05, 4.69) is 0 Å². The molecule has 7 nitrogen and oxygen atoms in total. The largest absolute Gasteiger partial charge is 0.497 e. The highest BCUT2D eigenvalue weighted by Crippen LogP contribution is 2.20. The van der Waals surface area contributed by atoms with Gasteiger partial charge in [0, 0.05) is 10.9 Å². The van der Waals surface area contributed by atoms with Gasteiger partial charge in [-0.15, -0.1) is 11.3 Å². The minimum Gasteiger partial charge on any atom is -0.497 e. The van der Waals surface area contributed by atoms with Crippen LogP contribution in [0.1, 0.15) is 27.6 Å². The summed E-state index contributed by atoms with van der Waals surface area (Å²) < 4.78 is 32.4. The van der Waals surface area contributed by atoms with Crippen LogP contribution in [0, 0.1) is 0 Å². The highest BCUT2D eigenvalue weighted by molar-refractivity contribution is 7.91. The summed E-state index contributed by atoms with van der Waals surface area (Å²) in [6.07, 6.45) is -1.02. The van der Waals surface area contributed by atoms with Crippen molar-refractivity contribution in [3.63, 3.8) is 0 Å². The molecular formula is C15H15NO6S2. The number of esters is 1. The van der Waals surface area contributed by atoms with Crippen LogP contribution in [0.5, 0.6) is 5.75 Å². The number of Topliss-reactive ketones (excluding diaryl/α,β-unsaturated/α-hetero) is 1. The van der Waals surface area contributed by atoms with Gasteiger partial charge < -0.3 is 9.47 Å². The molecule has 9 heteroatoms. The minimum atomic E-state index is -3.88. The first kappa shape index (κ1) is 18.1. The third-order valence-corrected chi connectivity index (χ3v) is 5.51. The summed E-state index contributed by atoms with van der Waals surface area (Å²) in [5, 5.41) is 6.30. The van der Waals surface area contributed by atoms with Gasteiger partial charge in [-0.3, -0.25) is 4.79 Å². The van der Waals surface area contributed by atoms with Crippen molar-refractivity contribution in [3.8, 4) is 5.75 Å². The van der Waals surface area contributed by atoms with E-state index in [1.54, 1.807) is 24.3 Å². The topological polar surface area (TPSA) is 113 Å². The third kappa shape index (κ3) is 4.19. The summed E-state index contributed by atoms with van der Waals surface area (Å²) in [6.45, 7) is 1.44. The van der Waals surface area contributed by atoms with Gasteiger partial charge in [-0.25, -0.2) is 18.4 Å². The molecule has 24 heavy (non-hydrogen) atoms. The molecule has 0 aliphatic heterocycles. The van der Waals surface area contributed by atoms with Gasteiger partial charge in [0.25, 0.3) is 0 Å². The fraction of sp³-hybridized carbons (Fsp3) is 0.200. The second kappa shape index (κ2) is 7.12. The molecule has 1 heterocycles. The number of thiophene rings is 1. The van der Waals surface area contributed by atoms with Gasteiger partial charge >= 0.3 is 5.97 Å². The van der Waals surface area contributed by atoms with E-state index >= 15 is 0 Å². The van der Waals surface area contributed by atoms with Crippen molar-refractivity contribution in [2.45, 2.75) is 17.2 Å². The molecule has 0 saturated heterocycles. The summed E-state index contributed by atoms with van der Waals surface area (Å²) in [6, 6.07) is 7.50. The first-order chi connectivity index (χ1) is 11.2. The Morgan fingerprint density at radius 3 is 2.29 bits per heavy atom. The first-order valence-electron chi connectivity index (χ1n) is 6.73. The molecule has 0 radical (unpaired) electrons. The maximum Gasteiger partial charge on any atom is 0.339 e. The average molecular weight is 369 g/mol. The highest BCUT2D eigenvalue weighted by atomic mass is 32.2. The maximum atomic E-state index is 12.2. The Bertz CT molecular complexity index is 854. The van der Waals surface area contributed by atoms with Crippen molar-refractivity contribution in [2.24, 2.45) is 5.14 Å².